The Labute approximate surface area is 164 Å². The molecular formula is C22H35N5. The monoisotopic (exact) mass is 369 g/mol. The molecule has 1 fully saturated rings. The van der Waals surface area contributed by atoms with E-state index in [1.165, 1.54) is 43.9 Å². The van der Waals surface area contributed by atoms with Crippen LogP contribution in [0.1, 0.15) is 25.8 Å². The first-order chi connectivity index (χ1) is 13.2. The van der Waals surface area contributed by atoms with Crippen LogP contribution in [0.2, 0.25) is 0 Å². The van der Waals surface area contributed by atoms with E-state index >= 15 is 0 Å². The first-order valence-electron chi connectivity index (χ1n) is 10.4. The van der Waals surface area contributed by atoms with Gasteiger partial charge in [0.05, 0.1) is 0 Å². The molecule has 1 aromatic carbocycles. The van der Waals surface area contributed by atoms with E-state index in [1.54, 1.807) is 0 Å². The molecule has 2 aliphatic heterocycles. The zero-order valence-corrected chi connectivity index (χ0v) is 17.2. The van der Waals surface area contributed by atoms with Gasteiger partial charge in [0, 0.05) is 58.9 Å². The van der Waals surface area contributed by atoms with Crippen molar-refractivity contribution in [3.8, 4) is 0 Å². The Bertz CT molecular complexity index is 631. The van der Waals surface area contributed by atoms with E-state index in [4.69, 9.17) is 0 Å². The number of hydrogen-bond donors (Lipinski definition) is 1. The number of likely N-dealkylation sites (N-methyl/N-ethyl adjacent to an activating group) is 1. The standard InChI is InChI=1S/C22H35N5/c1-4-25-14-16-26(17-15-25)19(2)18-24-22(23-3)27-12-10-21(11-13-27)20-8-6-5-7-9-20/h5-10,19H,4,11-18H2,1-3H3,(H,23,24). The lowest BCUT2D eigenvalue weighted by Gasteiger charge is -2.38. The molecule has 27 heavy (non-hydrogen) atoms. The maximum Gasteiger partial charge on any atom is 0.193 e. The van der Waals surface area contributed by atoms with Gasteiger partial charge in [0.25, 0.3) is 0 Å². The predicted molar refractivity (Wildman–Crippen MR) is 115 cm³/mol. The van der Waals surface area contributed by atoms with Crippen molar-refractivity contribution in [3.05, 3.63) is 42.0 Å². The number of nitrogens with one attached hydrogen (secondary N) is 1. The van der Waals surface area contributed by atoms with Crippen LogP contribution in [-0.4, -0.2) is 86.1 Å². The van der Waals surface area contributed by atoms with E-state index < -0.39 is 0 Å². The lowest BCUT2D eigenvalue weighted by molar-refractivity contribution is 0.107. The number of rotatable bonds is 5. The molecule has 3 rings (SSSR count). The summed E-state index contributed by atoms with van der Waals surface area (Å²) in [6.45, 7) is 13.3. The molecular weight excluding hydrogens is 334 g/mol. The smallest absolute Gasteiger partial charge is 0.193 e. The molecule has 1 N–H and O–H groups in total. The van der Waals surface area contributed by atoms with Gasteiger partial charge in [-0.3, -0.25) is 9.89 Å². The minimum Gasteiger partial charge on any atom is -0.355 e. The summed E-state index contributed by atoms with van der Waals surface area (Å²) < 4.78 is 0. The topological polar surface area (TPSA) is 34.1 Å². The average Bonchev–Trinajstić information content (AvgIpc) is 2.75. The Morgan fingerprint density at radius 3 is 2.44 bits per heavy atom. The second kappa shape index (κ2) is 9.90. The van der Waals surface area contributed by atoms with Crippen LogP contribution in [-0.2, 0) is 0 Å². The molecule has 1 saturated heterocycles. The van der Waals surface area contributed by atoms with E-state index in [0.717, 1.165) is 32.0 Å². The van der Waals surface area contributed by atoms with Gasteiger partial charge in [-0.05, 0) is 31.0 Å². The lowest BCUT2D eigenvalue weighted by atomic mass is 10.00. The van der Waals surface area contributed by atoms with Crippen LogP contribution in [0.5, 0.6) is 0 Å². The number of guanidine groups is 1. The van der Waals surface area contributed by atoms with Crippen molar-refractivity contribution < 1.29 is 0 Å². The van der Waals surface area contributed by atoms with Crippen molar-refractivity contribution in [2.75, 3.05) is 59.4 Å². The number of benzene rings is 1. The van der Waals surface area contributed by atoms with Crippen molar-refractivity contribution in [1.29, 1.82) is 0 Å². The molecule has 2 aliphatic rings. The summed E-state index contributed by atoms with van der Waals surface area (Å²) in [5.41, 5.74) is 2.80. The van der Waals surface area contributed by atoms with E-state index in [2.05, 4.69) is 75.3 Å². The van der Waals surface area contributed by atoms with Gasteiger partial charge in [0.15, 0.2) is 5.96 Å². The highest BCUT2D eigenvalue weighted by Gasteiger charge is 2.21. The fraction of sp³-hybridized carbons (Fsp3) is 0.591. The average molecular weight is 370 g/mol. The Hall–Kier alpha value is -1.85. The minimum absolute atomic E-state index is 0.529. The van der Waals surface area contributed by atoms with Gasteiger partial charge in [-0.25, -0.2) is 0 Å². The van der Waals surface area contributed by atoms with E-state index in [1.807, 2.05) is 7.05 Å². The molecule has 5 nitrogen and oxygen atoms in total. The van der Waals surface area contributed by atoms with Gasteiger partial charge < -0.3 is 15.1 Å². The summed E-state index contributed by atoms with van der Waals surface area (Å²) in [7, 11) is 1.89. The fourth-order valence-electron chi connectivity index (χ4n) is 4.00. The maximum atomic E-state index is 4.53. The van der Waals surface area contributed by atoms with Gasteiger partial charge in [-0.1, -0.05) is 43.3 Å². The Kier molecular flexibility index (Phi) is 7.30. The van der Waals surface area contributed by atoms with Gasteiger partial charge >= 0.3 is 0 Å². The van der Waals surface area contributed by atoms with Gasteiger partial charge in [-0.15, -0.1) is 0 Å². The summed E-state index contributed by atoms with van der Waals surface area (Å²) in [4.78, 5) is 12.0. The predicted octanol–water partition coefficient (Wildman–Crippen LogP) is 2.38. The summed E-state index contributed by atoms with van der Waals surface area (Å²) >= 11 is 0. The Balaban J connectivity index is 1.48. The van der Waals surface area contributed by atoms with E-state index in [9.17, 15) is 0 Å². The van der Waals surface area contributed by atoms with Crippen molar-refractivity contribution in [2.24, 2.45) is 4.99 Å². The molecule has 0 aliphatic carbocycles. The number of aliphatic imine (C=N–C) groups is 1. The Morgan fingerprint density at radius 1 is 1.11 bits per heavy atom. The molecule has 0 bridgehead atoms. The first-order valence-corrected chi connectivity index (χ1v) is 10.4. The third kappa shape index (κ3) is 5.33. The molecule has 0 saturated carbocycles. The molecule has 2 heterocycles. The summed E-state index contributed by atoms with van der Waals surface area (Å²) in [6, 6.07) is 11.2. The highest BCUT2D eigenvalue weighted by atomic mass is 15.3. The molecule has 1 aromatic rings. The third-order valence-electron chi connectivity index (χ3n) is 5.90. The molecule has 1 unspecified atom stereocenters. The molecule has 148 valence electrons. The van der Waals surface area contributed by atoms with Crippen LogP contribution in [0, 0.1) is 0 Å². The van der Waals surface area contributed by atoms with Crippen LogP contribution >= 0.6 is 0 Å². The van der Waals surface area contributed by atoms with Crippen LogP contribution < -0.4 is 5.32 Å². The summed E-state index contributed by atoms with van der Waals surface area (Å²) in [6.07, 6.45) is 3.42. The van der Waals surface area contributed by atoms with Gasteiger partial charge in [0.2, 0.25) is 0 Å². The fourth-order valence-corrected chi connectivity index (χ4v) is 4.00. The van der Waals surface area contributed by atoms with Crippen LogP contribution in [0.15, 0.2) is 41.4 Å². The molecule has 0 radical (unpaired) electrons. The normalized spacial score (nSPS) is 21.1. The SMILES string of the molecule is CCN1CCN(C(C)CNC(=NC)N2CC=C(c3ccccc3)CC2)CC1. The van der Waals surface area contributed by atoms with Crippen LogP contribution in [0.4, 0.5) is 0 Å². The summed E-state index contributed by atoms with van der Waals surface area (Å²) in [5.74, 6) is 1.03. The minimum atomic E-state index is 0.529. The van der Waals surface area contributed by atoms with Crippen molar-refractivity contribution in [3.63, 3.8) is 0 Å². The molecule has 5 heteroatoms. The van der Waals surface area contributed by atoms with E-state index in [0.29, 0.717) is 6.04 Å². The zero-order valence-electron chi connectivity index (χ0n) is 17.2. The Morgan fingerprint density at radius 2 is 1.85 bits per heavy atom. The van der Waals surface area contributed by atoms with Gasteiger partial charge in [0.1, 0.15) is 0 Å². The maximum absolute atomic E-state index is 4.53. The second-order valence-electron chi connectivity index (χ2n) is 7.54. The molecule has 0 amide bonds. The number of hydrogen-bond acceptors (Lipinski definition) is 3. The lowest BCUT2D eigenvalue weighted by Crippen LogP contribution is -2.53. The van der Waals surface area contributed by atoms with Crippen molar-refractivity contribution >= 4 is 11.5 Å². The van der Waals surface area contributed by atoms with Crippen LogP contribution in [0.3, 0.4) is 0 Å². The highest BCUT2D eigenvalue weighted by Crippen LogP contribution is 2.21. The number of piperazine rings is 1. The quantitative estimate of drug-likeness (QED) is 0.638. The number of nitrogens with zero attached hydrogens (tertiary/aromatic N) is 4. The van der Waals surface area contributed by atoms with Crippen molar-refractivity contribution in [1.82, 2.24) is 20.0 Å². The molecule has 1 atom stereocenters. The third-order valence-corrected chi connectivity index (χ3v) is 5.90. The largest absolute Gasteiger partial charge is 0.355 e. The molecule has 0 aromatic heterocycles. The summed E-state index contributed by atoms with van der Waals surface area (Å²) in [5, 5.41) is 3.61. The van der Waals surface area contributed by atoms with Gasteiger partial charge in [-0.2, -0.15) is 0 Å². The first kappa shape index (κ1) is 19.9. The zero-order chi connectivity index (χ0) is 19.1. The highest BCUT2D eigenvalue weighted by molar-refractivity contribution is 5.81. The van der Waals surface area contributed by atoms with Crippen molar-refractivity contribution in [2.45, 2.75) is 26.3 Å². The second-order valence-corrected chi connectivity index (χ2v) is 7.54. The van der Waals surface area contributed by atoms with E-state index in [-0.39, 0.29) is 0 Å². The van der Waals surface area contributed by atoms with Crippen LogP contribution in [0.25, 0.3) is 5.57 Å². The molecule has 0 spiro atoms.